The van der Waals surface area contributed by atoms with Crippen molar-refractivity contribution in [2.45, 2.75) is 5.88 Å². The Hall–Kier alpha value is -1.13. The normalized spacial score (nSPS) is 10.4. The molecule has 0 fully saturated rings. The van der Waals surface area contributed by atoms with E-state index in [1.54, 1.807) is 29.5 Å². The third-order valence-electron chi connectivity index (χ3n) is 1.61. The number of hydrogen-bond donors (Lipinski definition) is 0. The van der Waals surface area contributed by atoms with E-state index in [0.717, 1.165) is 5.69 Å². The van der Waals surface area contributed by atoms with Crippen molar-refractivity contribution in [2.24, 2.45) is 0 Å². The molecule has 0 bridgehead atoms. The highest BCUT2D eigenvalue weighted by Crippen LogP contribution is 2.09. The summed E-state index contributed by atoms with van der Waals surface area (Å²) in [4.78, 5) is 8.21. The van der Waals surface area contributed by atoms with Gasteiger partial charge < -0.3 is 0 Å². The summed E-state index contributed by atoms with van der Waals surface area (Å²) in [5, 5.41) is 4.55. The van der Waals surface area contributed by atoms with Crippen molar-refractivity contribution in [1.29, 1.82) is 0 Å². The lowest BCUT2D eigenvalue weighted by atomic mass is 10.5. The van der Waals surface area contributed by atoms with Gasteiger partial charge >= 0.3 is 0 Å². The van der Waals surface area contributed by atoms with Gasteiger partial charge in [0.25, 0.3) is 0 Å². The number of hydrogen-bond acceptors (Lipinski definition) is 3. The minimum atomic E-state index is 0.354. The molecule has 14 heavy (non-hydrogen) atoms. The molecule has 0 aliphatic rings. The minimum Gasteiger partial charge on any atom is -0.254 e. The first kappa shape index (κ1) is 9.43. The first-order valence-corrected chi connectivity index (χ1v) is 4.78. The Kier molecular flexibility index (Phi) is 2.65. The van der Waals surface area contributed by atoms with Crippen LogP contribution in [0.4, 0.5) is 0 Å². The summed E-state index contributed by atoms with van der Waals surface area (Å²) >= 11 is 11.3. The highest BCUT2D eigenvalue weighted by atomic mass is 35.5. The van der Waals surface area contributed by atoms with Crippen molar-refractivity contribution < 1.29 is 0 Å². The number of halogens is 2. The topological polar surface area (TPSA) is 43.6 Å². The summed E-state index contributed by atoms with van der Waals surface area (Å²) in [7, 11) is 0. The molecular weight excluding hydrogens is 223 g/mol. The van der Waals surface area contributed by atoms with E-state index in [2.05, 4.69) is 15.1 Å². The van der Waals surface area contributed by atoms with Gasteiger partial charge in [-0.3, -0.25) is 4.98 Å². The Balaban J connectivity index is 2.33. The lowest BCUT2D eigenvalue weighted by molar-refractivity contribution is 0.832. The average molecular weight is 229 g/mol. The Bertz CT molecular complexity index is 423. The SMILES string of the molecule is ClCc1cnc(-n2cc(Cl)cn2)cn1. The van der Waals surface area contributed by atoms with E-state index >= 15 is 0 Å². The van der Waals surface area contributed by atoms with Crippen LogP contribution in [0.3, 0.4) is 0 Å². The highest BCUT2D eigenvalue weighted by Gasteiger charge is 2.00. The average Bonchev–Trinajstić information content (AvgIpc) is 2.65. The number of rotatable bonds is 2. The molecule has 2 rings (SSSR count). The molecule has 0 radical (unpaired) electrons. The van der Waals surface area contributed by atoms with Gasteiger partial charge in [0, 0.05) is 0 Å². The molecule has 0 N–H and O–H groups in total. The number of alkyl halides is 1. The van der Waals surface area contributed by atoms with Gasteiger partial charge in [0.1, 0.15) is 0 Å². The lowest BCUT2D eigenvalue weighted by Crippen LogP contribution is -1.99. The summed E-state index contributed by atoms with van der Waals surface area (Å²) in [5.74, 6) is 0.971. The van der Waals surface area contributed by atoms with E-state index in [1.807, 2.05) is 0 Å². The van der Waals surface area contributed by atoms with Crippen molar-refractivity contribution in [1.82, 2.24) is 19.7 Å². The zero-order valence-corrected chi connectivity index (χ0v) is 8.57. The van der Waals surface area contributed by atoms with Crippen LogP contribution in [-0.2, 0) is 5.88 Å². The highest BCUT2D eigenvalue weighted by molar-refractivity contribution is 6.30. The first-order valence-electron chi connectivity index (χ1n) is 3.87. The summed E-state index contributed by atoms with van der Waals surface area (Å²) < 4.78 is 1.55. The van der Waals surface area contributed by atoms with Crippen LogP contribution >= 0.6 is 23.2 Å². The third-order valence-corrected chi connectivity index (χ3v) is 2.08. The molecule has 0 atom stereocenters. The number of aromatic nitrogens is 4. The maximum atomic E-state index is 5.72. The molecule has 0 amide bonds. The summed E-state index contributed by atoms with van der Waals surface area (Å²) in [6, 6.07) is 0. The molecule has 0 spiro atoms. The van der Waals surface area contributed by atoms with Gasteiger partial charge in [-0.2, -0.15) is 5.10 Å². The summed E-state index contributed by atoms with van der Waals surface area (Å²) in [5.41, 5.74) is 0.730. The maximum absolute atomic E-state index is 5.72. The second kappa shape index (κ2) is 3.94. The molecule has 6 heteroatoms. The van der Waals surface area contributed by atoms with Crippen LogP contribution in [0.5, 0.6) is 0 Å². The van der Waals surface area contributed by atoms with Gasteiger partial charge in [0.05, 0.1) is 41.4 Å². The van der Waals surface area contributed by atoms with Crippen molar-refractivity contribution in [2.75, 3.05) is 0 Å². The molecule has 0 aliphatic carbocycles. The number of nitrogens with zero attached hydrogens (tertiary/aromatic N) is 4. The van der Waals surface area contributed by atoms with Gasteiger partial charge in [-0.05, 0) is 0 Å². The summed E-state index contributed by atoms with van der Waals surface area (Å²) in [6.07, 6.45) is 6.41. The molecular formula is C8H6Cl2N4. The predicted octanol–water partition coefficient (Wildman–Crippen LogP) is 2.05. The predicted molar refractivity (Wildman–Crippen MR) is 53.7 cm³/mol. The van der Waals surface area contributed by atoms with E-state index in [0.29, 0.717) is 16.7 Å². The molecule has 0 unspecified atom stereocenters. The van der Waals surface area contributed by atoms with Crippen molar-refractivity contribution >= 4 is 23.2 Å². The first-order chi connectivity index (χ1) is 6.79. The molecule has 2 aromatic rings. The zero-order valence-electron chi connectivity index (χ0n) is 7.06. The van der Waals surface area contributed by atoms with Gasteiger partial charge in [-0.15, -0.1) is 11.6 Å². The van der Waals surface area contributed by atoms with Crippen molar-refractivity contribution in [3.8, 4) is 5.82 Å². The molecule has 72 valence electrons. The van der Waals surface area contributed by atoms with Crippen LogP contribution in [0.1, 0.15) is 5.69 Å². The molecule has 0 aromatic carbocycles. The Labute approximate surface area is 90.5 Å². The molecule has 0 saturated heterocycles. The van der Waals surface area contributed by atoms with E-state index < -0.39 is 0 Å². The van der Waals surface area contributed by atoms with E-state index in [1.165, 1.54) is 0 Å². The maximum Gasteiger partial charge on any atom is 0.171 e. The molecule has 4 nitrogen and oxygen atoms in total. The zero-order chi connectivity index (χ0) is 9.97. The molecule has 0 saturated carbocycles. The second-order valence-corrected chi connectivity index (χ2v) is 3.31. The Morgan fingerprint density at radius 1 is 1.21 bits per heavy atom. The van der Waals surface area contributed by atoms with Crippen LogP contribution in [0.15, 0.2) is 24.8 Å². The summed E-state index contributed by atoms with van der Waals surface area (Å²) in [6.45, 7) is 0. The van der Waals surface area contributed by atoms with E-state index in [4.69, 9.17) is 23.2 Å². The Morgan fingerprint density at radius 3 is 2.57 bits per heavy atom. The smallest absolute Gasteiger partial charge is 0.171 e. The largest absolute Gasteiger partial charge is 0.254 e. The molecule has 0 aliphatic heterocycles. The van der Waals surface area contributed by atoms with Gasteiger partial charge in [-0.25, -0.2) is 9.67 Å². The van der Waals surface area contributed by atoms with Gasteiger partial charge in [0.2, 0.25) is 0 Å². The van der Waals surface area contributed by atoms with Crippen LogP contribution < -0.4 is 0 Å². The fourth-order valence-electron chi connectivity index (χ4n) is 0.961. The van der Waals surface area contributed by atoms with Crippen LogP contribution in [0, 0.1) is 0 Å². The van der Waals surface area contributed by atoms with E-state index in [-0.39, 0.29) is 0 Å². The van der Waals surface area contributed by atoms with Gasteiger partial charge in [0.15, 0.2) is 5.82 Å². The standard InChI is InChI=1S/C8H6Cl2N4/c9-1-7-3-12-8(4-11-7)14-5-6(10)2-13-14/h2-5H,1H2. The molecule has 2 heterocycles. The lowest BCUT2D eigenvalue weighted by Gasteiger charge is -1.99. The quantitative estimate of drug-likeness (QED) is 0.740. The van der Waals surface area contributed by atoms with Crippen molar-refractivity contribution in [3.05, 3.63) is 35.5 Å². The Morgan fingerprint density at radius 2 is 2.07 bits per heavy atom. The second-order valence-electron chi connectivity index (χ2n) is 2.60. The molecule has 2 aromatic heterocycles. The van der Waals surface area contributed by atoms with Crippen LogP contribution in [0.2, 0.25) is 5.02 Å². The van der Waals surface area contributed by atoms with Crippen LogP contribution in [0.25, 0.3) is 5.82 Å². The monoisotopic (exact) mass is 228 g/mol. The minimum absolute atomic E-state index is 0.354. The van der Waals surface area contributed by atoms with Crippen molar-refractivity contribution in [3.63, 3.8) is 0 Å². The van der Waals surface area contributed by atoms with E-state index in [9.17, 15) is 0 Å². The van der Waals surface area contributed by atoms with Crippen LogP contribution in [-0.4, -0.2) is 19.7 Å². The third kappa shape index (κ3) is 1.86. The van der Waals surface area contributed by atoms with Gasteiger partial charge in [-0.1, -0.05) is 11.6 Å². The fourth-order valence-corrected chi connectivity index (χ4v) is 1.24. The fraction of sp³-hybridized carbons (Fsp3) is 0.125.